The molecule has 52 heavy (non-hydrogen) atoms. The molecule has 0 radical (unpaired) electrons. The fourth-order valence-electron chi connectivity index (χ4n) is 10.00. The zero-order valence-electron chi connectivity index (χ0n) is 30.0. The topological polar surface area (TPSA) is 0 Å². The molecule has 9 aromatic carbocycles. The first kappa shape index (κ1) is 29.7. The molecule has 9 aromatic rings. The maximum Gasteiger partial charge on any atom is 0.0159 e. The van der Waals surface area contributed by atoms with Gasteiger partial charge in [-0.2, -0.15) is 0 Å². The Balaban J connectivity index is 1.10. The Hall–Kier alpha value is -5.98. The SMILES string of the molecule is CC1(C)c2ccc3ccccc3c2-c2c1cc(-c1ccc(-c3cc4c(c5ccccc35)-c3c(ccc5ccccc35)C4(C)C)cc1)c1ccccc21. The normalized spacial score (nSPS) is 14.8. The van der Waals surface area contributed by atoms with Gasteiger partial charge >= 0.3 is 0 Å². The Kier molecular flexibility index (Phi) is 5.89. The van der Waals surface area contributed by atoms with Crippen LogP contribution in [0.15, 0.2) is 158 Å². The van der Waals surface area contributed by atoms with E-state index in [4.69, 9.17) is 0 Å². The number of rotatable bonds is 2. The monoisotopic (exact) mass is 662 g/mol. The van der Waals surface area contributed by atoms with Gasteiger partial charge in [0.05, 0.1) is 0 Å². The molecule has 0 nitrogen and oxygen atoms in total. The Morgan fingerprint density at radius 2 is 0.615 bits per heavy atom. The first-order chi connectivity index (χ1) is 25.3. The van der Waals surface area contributed by atoms with Gasteiger partial charge in [-0.05, 0) is 122 Å². The molecule has 0 heterocycles. The quantitative estimate of drug-likeness (QED) is 0.173. The van der Waals surface area contributed by atoms with Crippen LogP contribution in [0.3, 0.4) is 0 Å². The van der Waals surface area contributed by atoms with Crippen molar-refractivity contribution in [2.75, 3.05) is 0 Å². The molecule has 11 rings (SSSR count). The van der Waals surface area contributed by atoms with Crippen molar-refractivity contribution in [3.8, 4) is 44.5 Å². The maximum atomic E-state index is 2.50. The van der Waals surface area contributed by atoms with Gasteiger partial charge in [-0.25, -0.2) is 0 Å². The van der Waals surface area contributed by atoms with Crippen molar-refractivity contribution in [2.45, 2.75) is 38.5 Å². The highest BCUT2D eigenvalue weighted by molar-refractivity contribution is 6.16. The minimum atomic E-state index is -0.105. The Morgan fingerprint density at radius 3 is 1.02 bits per heavy atom. The van der Waals surface area contributed by atoms with Crippen LogP contribution in [0.25, 0.3) is 87.6 Å². The standard InChI is InChI=1S/C52H38/c1-51(2)43-27-25-31-13-5-7-15-35(31)47(43)49-39-19-11-9-17-37(39)41(29-45(49)51)33-21-23-34(24-22-33)42-30-46-50(40-20-12-10-18-38(40)42)48-36-16-8-6-14-32(36)26-28-44(48)52(46,3)4/h5-30H,1-4H3. The summed E-state index contributed by atoms with van der Waals surface area (Å²) in [5.74, 6) is 0. The molecule has 0 aliphatic heterocycles. The van der Waals surface area contributed by atoms with Gasteiger partial charge < -0.3 is 0 Å². The van der Waals surface area contributed by atoms with Crippen LogP contribution in [0.2, 0.25) is 0 Å². The Bertz CT molecular complexity index is 2780. The molecule has 0 atom stereocenters. The molecule has 0 N–H and O–H groups in total. The molecule has 2 aliphatic carbocycles. The molecule has 0 amide bonds. The minimum absolute atomic E-state index is 0.105. The summed E-state index contributed by atoms with van der Waals surface area (Å²) in [7, 11) is 0. The van der Waals surface area contributed by atoms with Gasteiger partial charge in [0.2, 0.25) is 0 Å². The molecule has 0 bridgehead atoms. The van der Waals surface area contributed by atoms with E-state index >= 15 is 0 Å². The van der Waals surface area contributed by atoms with Crippen molar-refractivity contribution in [2.24, 2.45) is 0 Å². The lowest BCUT2D eigenvalue weighted by Gasteiger charge is -2.23. The third-order valence-electron chi connectivity index (χ3n) is 12.6. The van der Waals surface area contributed by atoms with Gasteiger partial charge in [-0.1, -0.05) is 173 Å². The summed E-state index contributed by atoms with van der Waals surface area (Å²) in [5, 5.41) is 10.6. The Morgan fingerprint density at radius 1 is 0.288 bits per heavy atom. The molecular weight excluding hydrogens is 625 g/mol. The maximum absolute atomic E-state index is 2.50. The molecule has 0 heteroatoms. The van der Waals surface area contributed by atoms with E-state index in [9.17, 15) is 0 Å². The van der Waals surface area contributed by atoms with Crippen LogP contribution in [0, 0.1) is 0 Å². The second-order valence-electron chi connectivity index (χ2n) is 16.0. The number of fused-ring (bicyclic) bond motifs is 14. The lowest BCUT2D eigenvalue weighted by atomic mass is 9.80. The van der Waals surface area contributed by atoms with Crippen molar-refractivity contribution >= 4 is 43.1 Å². The van der Waals surface area contributed by atoms with Gasteiger partial charge in [0.1, 0.15) is 0 Å². The third-order valence-corrected chi connectivity index (χ3v) is 12.6. The molecule has 246 valence electrons. The van der Waals surface area contributed by atoms with Crippen LogP contribution in [-0.4, -0.2) is 0 Å². The van der Waals surface area contributed by atoms with Gasteiger partial charge in [-0.3, -0.25) is 0 Å². The zero-order valence-corrected chi connectivity index (χ0v) is 30.0. The van der Waals surface area contributed by atoms with Crippen molar-refractivity contribution in [3.63, 3.8) is 0 Å². The smallest absolute Gasteiger partial charge is 0.0159 e. The summed E-state index contributed by atoms with van der Waals surface area (Å²) in [6.45, 7) is 9.59. The summed E-state index contributed by atoms with van der Waals surface area (Å²) in [6.07, 6.45) is 0. The van der Waals surface area contributed by atoms with Crippen molar-refractivity contribution < 1.29 is 0 Å². The van der Waals surface area contributed by atoms with Gasteiger partial charge in [-0.15, -0.1) is 0 Å². The summed E-state index contributed by atoms with van der Waals surface area (Å²) in [5.41, 5.74) is 16.2. The molecule has 0 saturated heterocycles. The fraction of sp³-hybridized carbons (Fsp3) is 0.115. The van der Waals surface area contributed by atoms with Gasteiger partial charge in [0.25, 0.3) is 0 Å². The van der Waals surface area contributed by atoms with E-state index in [2.05, 4.69) is 185 Å². The summed E-state index contributed by atoms with van der Waals surface area (Å²) < 4.78 is 0. The van der Waals surface area contributed by atoms with E-state index in [1.807, 2.05) is 0 Å². The second-order valence-corrected chi connectivity index (χ2v) is 16.0. The highest BCUT2D eigenvalue weighted by Gasteiger charge is 2.39. The van der Waals surface area contributed by atoms with E-state index in [1.165, 1.54) is 110 Å². The van der Waals surface area contributed by atoms with E-state index < -0.39 is 0 Å². The summed E-state index contributed by atoms with van der Waals surface area (Å²) in [6, 6.07) is 59.5. The van der Waals surface area contributed by atoms with Crippen LogP contribution in [0.5, 0.6) is 0 Å². The molecular formula is C52H38. The van der Waals surface area contributed by atoms with Crippen LogP contribution in [-0.2, 0) is 10.8 Å². The van der Waals surface area contributed by atoms with Crippen molar-refractivity contribution in [1.82, 2.24) is 0 Å². The van der Waals surface area contributed by atoms with E-state index in [0.717, 1.165) is 0 Å². The molecule has 2 aliphatic rings. The molecule has 0 fully saturated rings. The van der Waals surface area contributed by atoms with Crippen LogP contribution in [0.1, 0.15) is 49.9 Å². The zero-order chi connectivity index (χ0) is 34.9. The van der Waals surface area contributed by atoms with Crippen molar-refractivity contribution in [1.29, 1.82) is 0 Å². The van der Waals surface area contributed by atoms with Gasteiger partial charge in [0.15, 0.2) is 0 Å². The lowest BCUT2D eigenvalue weighted by molar-refractivity contribution is 0.661. The summed E-state index contributed by atoms with van der Waals surface area (Å²) in [4.78, 5) is 0. The molecule has 0 aromatic heterocycles. The van der Waals surface area contributed by atoms with E-state index in [0.29, 0.717) is 0 Å². The molecule has 0 saturated carbocycles. The first-order valence-electron chi connectivity index (χ1n) is 18.6. The summed E-state index contributed by atoms with van der Waals surface area (Å²) >= 11 is 0. The van der Waals surface area contributed by atoms with Crippen LogP contribution in [0.4, 0.5) is 0 Å². The van der Waals surface area contributed by atoms with E-state index in [-0.39, 0.29) is 10.8 Å². The first-order valence-corrected chi connectivity index (χ1v) is 18.6. The highest BCUT2D eigenvalue weighted by atomic mass is 14.4. The second kappa shape index (κ2) is 10.3. The molecule has 0 spiro atoms. The number of hydrogen-bond donors (Lipinski definition) is 0. The number of hydrogen-bond acceptors (Lipinski definition) is 0. The fourth-order valence-corrected chi connectivity index (χ4v) is 10.00. The number of benzene rings is 9. The predicted octanol–water partition coefficient (Wildman–Crippen LogP) is 14.2. The average Bonchev–Trinajstić information content (AvgIpc) is 3.57. The average molecular weight is 663 g/mol. The molecule has 0 unspecified atom stereocenters. The largest absolute Gasteiger partial charge is 0.0616 e. The van der Waals surface area contributed by atoms with Crippen LogP contribution >= 0.6 is 0 Å². The third kappa shape index (κ3) is 3.82. The predicted molar refractivity (Wildman–Crippen MR) is 222 cm³/mol. The van der Waals surface area contributed by atoms with Gasteiger partial charge in [0, 0.05) is 10.8 Å². The minimum Gasteiger partial charge on any atom is -0.0616 e. The van der Waals surface area contributed by atoms with Crippen LogP contribution < -0.4 is 0 Å². The van der Waals surface area contributed by atoms with Crippen molar-refractivity contribution in [3.05, 3.63) is 180 Å². The highest BCUT2D eigenvalue weighted by Crippen LogP contribution is 2.57. The van der Waals surface area contributed by atoms with E-state index in [1.54, 1.807) is 0 Å². The Labute approximate surface area is 305 Å². The lowest BCUT2D eigenvalue weighted by Crippen LogP contribution is -2.15.